The van der Waals surface area contributed by atoms with E-state index in [0.29, 0.717) is 0 Å². The molecule has 0 radical (unpaired) electrons. The number of carbonyl (C=O) groups excluding carboxylic acids is 5. The van der Waals surface area contributed by atoms with Crippen molar-refractivity contribution < 1.29 is 43.8 Å². The monoisotopic (exact) mass is 464 g/mol. The number of carboxylic acids is 2. The van der Waals surface area contributed by atoms with Crippen LogP contribution in [-0.4, -0.2) is 88.7 Å². The van der Waals surface area contributed by atoms with Crippen molar-refractivity contribution in [2.24, 2.45) is 11.5 Å². The number of hydrogen-bond acceptors (Lipinski definition) is 9. The number of aliphatic carboxylic acids is 2. The van der Waals surface area contributed by atoms with Gasteiger partial charge in [-0.1, -0.05) is 0 Å². The van der Waals surface area contributed by atoms with Gasteiger partial charge in [0.25, 0.3) is 0 Å². The second-order valence-corrected chi connectivity index (χ2v) is 6.44. The van der Waals surface area contributed by atoms with Gasteiger partial charge in [0.1, 0.15) is 12.1 Å². The minimum atomic E-state index is -1.60. The molecule has 0 saturated carbocycles. The average molecular weight is 464 g/mol. The molecular weight excluding hydrogens is 440 g/mol. The Bertz CT molecular complexity index is 732. The molecule has 10 N–H and O–H groups in total. The van der Waals surface area contributed by atoms with Crippen LogP contribution in [0.3, 0.4) is 0 Å². The van der Waals surface area contributed by atoms with E-state index >= 15 is 0 Å². The predicted octanol–water partition coefficient (Wildman–Crippen LogP) is -5.12. The van der Waals surface area contributed by atoms with Crippen LogP contribution >= 0.6 is 12.6 Å². The number of hydrogen-bond donors (Lipinski definition) is 9. The lowest BCUT2D eigenvalue weighted by Crippen LogP contribution is -2.54. The predicted molar refractivity (Wildman–Crippen MR) is 105 cm³/mol. The first kappa shape index (κ1) is 27.6. The number of primary amides is 1. The maximum Gasteiger partial charge on any atom is 0.327 e. The molecule has 5 amide bonds. The van der Waals surface area contributed by atoms with Crippen LogP contribution in [0.5, 0.6) is 0 Å². The Hall–Kier alpha value is -3.40. The number of carboxylic acid groups (broad SMARTS) is 2. The highest BCUT2D eigenvalue weighted by molar-refractivity contribution is 7.80. The highest BCUT2D eigenvalue weighted by Crippen LogP contribution is 1.96. The van der Waals surface area contributed by atoms with Gasteiger partial charge in [0.15, 0.2) is 0 Å². The zero-order valence-electron chi connectivity index (χ0n) is 16.1. The molecule has 0 heterocycles. The lowest BCUT2D eigenvalue weighted by atomic mass is 10.1. The molecule has 0 aromatic heterocycles. The second kappa shape index (κ2) is 13.8. The summed E-state index contributed by atoms with van der Waals surface area (Å²) >= 11 is 3.76. The molecule has 0 spiro atoms. The topological polar surface area (TPSA) is 260 Å². The van der Waals surface area contributed by atoms with Gasteiger partial charge in [-0.2, -0.15) is 12.6 Å². The van der Waals surface area contributed by atoms with E-state index in [-0.39, 0.29) is 5.75 Å². The third-order valence-corrected chi connectivity index (χ3v) is 3.82. The van der Waals surface area contributed by atoms with E-state index in [1.54, 1.807) is 0 Å². The fourth-order valence-corrected chi connectivity index (χ4v) is 2.18. The molecular formula is C15H24N6O9S. The molecule has 0 bridgehead atoms. The molecule has 0 rings (SSSR count). The van der Waals surface area contributed by atoms with Crippen molar-refractivity contribution in [2.75, 3.05) is 18.8 Å². The lowest BCUT2D eigenvalue weighted by molar-refractivity contribution is -0.141. The highest BCUT2D eigenvalue weighted by Gasteiger charge is 2.27. The maximum atomic E-state index is 12.1. The first-order chi connectivity index (χ1) is 14.4. The summed E-state index contributed by atoms with van der Waals surface area (Å²) in [5, 5.41) is 26.0. The summed E-state index contributed by atoms with van der Waals surface area (Å²) in [4.78, 5) is 79.8. The molecule has 0 fully saturated rings. The van der Waals surface area contributed by atoms with Crippen LogP contribution in [0.2, 0.25) is 0 Å². The molecule has 0 unspecified atom stereocenters. The van der Waals surface area contributed by atoms with Gasteiger partial charge >= 0.3 is 11.9 Å². The Morgan fingerprint density at radius 2 is 1.39 bits per heavy atom. The summed E-state index contributed by atoms with van der Waals surface area (Å²) in [7, 11) is 0. The minimum absolute atomic E-state index is 0.176. The van der Waals surface area contributed by atoms with Crippen molar-refractivity contribution in [3.05, 3.63) is 0 Å². The van der Waals surface area contributed by atoms with Crippen molar-refractivity contribution in [1.82, 2.24) is 21.3 Å². The number of nitrogens with two attached hydrogens (primary N) is 2. The van der Waals surface area contributed by atoms with E-state index in [1.165, 1.54) is 0 Å². The molecule has 0 aliphatic carbocycles. The van der Waals surface area contributed by atoms with Gasteiger partial charge in [0, 0.05) is 5.75 Å². The number of amides is 5. The molecule has 15 nitrogen and oxygen atoms in total. The number of carbonyl (C=O) groups is 7. The third-order valence-electron chi connectivity index (χ3n) is 3.45. The molecule has 3 atom stereocenters. The van der Waals surface area contributed by atoms with Gasteiger partial charge in [-0.05, 0) is 0 Å². The average Bonchev–Trinajstić information content (AvgIpc) is 2.66. The minimum Gasteiger partial charge on any atom is -0.481 e. The van der Waals surface area contributed by atoms with Gasteiger partial charge in [-0.3, -0.25) is 28.8 Å². The summed E-state index contributed by atoms with van der Waals surface area (Å²) in [5.74, 6) is -7.53. The Morgan fingerprint density at radius 3 is 1.87 bits per heavy atom. The molecule has 174 valence electrons. The molecule has 0 aromatic rings. The van der Waals surface area contributed by atoms with E-state index in [9.17, 15) is 33.6 Å². The SMILES string of the molecule is NC(=O)C[C@H](N)C(=O)N[C@@H](CC(=O)O)C(=O)NCC(=O)NCC(=O)N[C@@H](CS)C(=O)O. The van der Waals surface area contributed by atoms with E-state index in [2.05, 4.69) is 28.6 Å². The van der Waals surface area contributed by atoms with Gasteiger partial charge in [-0.15, -0.1) is 0 Å². The van der Waals surface area contributed by atoms with E-state index < -0.39 is 85.5 Å². The lowest BCUT2D eigenvalue weighted by Gasteiger charge is -2.19. The Kier molecular flexibility index (Phi) is 12.2. The van der Waals surface area contributed by atoms with Gasteiger partial charge in [0.05, 0.1) is 32.0 Å². The number of nitrogens with one attached hydrogen (secondary N) is 4. The van der Waals surface area contributed by atoms with Gasteiger partial charge in [-0.25, -0.2) is 4.79 Å². The normalized spacial score (nSPS) is 13.1. The quantitative estimate of drug-likeness (QED) is 0.110. The Morgan fingerprint density at radius 1 is 0.806 bits per heavy atom. The van der Waals surface area contributed by atoms with Crippen LogP contribution in [-0.2, 0) is 33.6 Å². The van der Waals surface area contributed by atoms with Crippen LogP contribution < -0.4 is 32.7 Å². The summed E-state index contributed by atoms with van der Waals surface area (Å²) in [5.41, 5.74) is 10.3. The summed E-state index contributed by atoms with van der Waals surface area (Å²) in [6.45, 7) is -1.27. The smallest absolute Gasteiger partial charge is 0.327 e. The van der Waals surface area contributed by atoms with E-state index in [0.717, 1.165) is 0 Å². The van der Waals surface area contributed by atoms with Crippen LogP contribution in [0.15, 0.2) is 0 Å². The molecule has 0 aromatic carbocycles. The van der Waals surface area contributed by atoms with Gasteiger partial charge in [0.2, 0.25) is 29.5 Å². The van der Waals surface area contributed by atoms with Crippen molar-refractivity contribution in [1.29, 1.82) is 0 Å². The molecule has 16 heteroatoms. The van der Waals surface area contributed by atoms with Crippen molar-refractivity contribution in [2.45, 2.75) is 31.0 Å². The van der Waals surface area contributed by atoms with Crippen molar-refractivity contribution in [3.63, 3.8) is 0 Å². The Labute approximate surface area is 181 Å². The summed E-state index contributed by atoms with van der Waals surface area (Å²) in [6, 6.07) is -4.27. The Balaban J connectivity index is 4.66. The molecule has 31 heavy (non-hydrogen) atoms. The molecule has 0 aliphatic heterocycles. The maximum absolute atomic E-state index is 12.1. The summed E-state index contributed by atoms with van der Waals surface area (Å²) in [6.07, 6.45) is -1.38. The fraction of sp³-hybridized carbons (Fsp3) is 0.533. The van der Waals surface area contributed by atoms with Crippen molar-refractivity contribution in [3.8, 4) is 0 Å². The highest BCUT2D eigenvalue weighted by atomic mass is 32.1. The first-order valence-electron chi connectivity index (χ1n) is 8.60. The number of rotatable bonds is 14. The second-order valence-electron chi connectivity index (χ2n) is 6.07. The van der Waals surface area contributed by atoms with Crippen LogP contribution in [0.1, 0.15) is 12.8 Å². The van der Waals surface area contributed by atoms with Crippen LogP contribution in [0.4, 0.5) is 0 Å². The van der Waals surface area contributed by atoms with E-state index in [4.69, 9.17) is 21.7 Å². The van der Waals surface area contributed by atoms with Crippen molar-refractivity contribution >= 4 is 54.1 Å². The van der Waals surface area contributed by atoms with E-state index in [1.807, 2.05) is 5.32 Å². The third kappa shape index (κ3) is 12.0. The zero-order valence-corrected chi connectivity index (χ0v) is 17.0. The zero-order chi connectivity index (χ0) is 24.1. The van der Waals surface area contributed by atoms with Gasteiger partial charge < -0.3 is 42.9 Å². The molecule has 0 aliphatic rings. The first-order valence-corrected chi connectivity index (χ1v) is 9.24. The number of thiol groups is 1. The standard InChI is InChI=1S/C15H24N6O9S/c16-6(1-9(17)22)13(27)21-7(2-12(25)26)14(28)19-3-10(23)18-4-11(24)20-8(5-31)15(29)30/h6-8,31H,1-5,16H2,(H2,17,22)(H,18,23)(H,19,28)(H,20,24)(H,21,27)(H,25,26)(H,29,30)/t6-,7-,8-/m0/s1. The van der Waals surface area contributed by atoms with Crippen LogP contribution in [0.25, 0.3) is 0 Å². The fourth-order valence-electron chi connectivity index (χ4n) is 1.93. The molecule has 0 saturated heterocycles. The largest absolute Gasteiger partial charge is 0.481 e. The van der Waals surface area contributed by atoms with Crippen LogP contribution in [0, 0.1) is 0 Å². The summed E-state index contributed by atoms with van der Waals surface area (Å²) < 4.78 is 0.